The fourth-order valence-corrected chi connectivity index (χ4v) is 8.46. The van der Waals surface area contributed by atoms with Gasteiger partial charge in [-0.15, -0.1) is 22.7 Å². The third-order valence-corrected chi connectivity index (χ3v) is 11.9. The van der Waals surface area contributed by atoms with E-state index >= 15 is 0 Å². The monoisotopic (exact) mass is 824 g/mol. The molecule has 2 aromatic heterocycles. The van der Waals surface area contributed by atoms with Crippen LogP contribution in [0.4, 0.5) is 0 Å². The van der Waals surface area contributed by atoms with E-state index in [9.17, 15) is 28.8 Å². The molecule has 0 aliphatic rings. The number of carbonyl (C=O) groups is 4. The molecule has 2 heterocycles. The fraction of sp³-hybridized carbons (Fsp3) is 0.318. The minimum Gasteiger partial charge on any atom is -0.484 e. The van der Waals surface area contributed by atoms with Gasteiger partial charge in [-0.05, 0) is 87.4 Å². The molecule has 12 nitrogen and oxygen atoms in total. The lowest BCUT2D eigenvalue weighted by Gasteiger charge is -2.21. The van der Waals surface area contributed by atoms with Crippen LogP contribution < -0.4 is 20.3 Å². The van der Waals surface area contributed by atoms with Crippen molar-refractivity contribution in [2.24, 2.45) is 0 Å². The lowest BCUT2D eigenvalue weighted by atomic mass is 10.2. The van der Waals surface area contributed by atoms with Crippen LogP contribution >= 0.6 is 22.7 Å². The second kappa shape index (κ2) is 20.0. The number of fused-ring (bicyclic) bond motifs is 4. The number of nitrogens with zero attached hydrogens (tertiary/aromatic N) is 2. The molecular weight excluding hydrogens is 781 g/mol. The molecule has 0 spiro atoms. The molecule has 0 saturated carbocycles. The summed E-state index contributed by atoms with van der Waals surface area (Å²) in [6.07, 6.45) is 1.06. The highest BCUT2D eigenvalue weighted by Gasteiger charge is 2.17. The van der Waals surface area contributed by atoms with Crippen molar-refractivity contribution in [1.29, 1.82) is 0 Å². The molecule has 0 aliphatic carbocycles. The number of rotatable bonds is 19. The van der Waals surface area contributed by atoms with Gasteiger partial charge in [-0.2, -0.15) is 0 Å². The zero-order chi connectivity index (χ0) is 41.0. The molecule has 302 valence electrons. The van der Waals surface area contributed by atoms with Gasteiger partial charge in [0.15, 0.2) is 24.1 Å². The van der Waals surface area contributed by atoms with E-state index in [2.05, 4.69) is 0 Å². The van der Waals surface area contributed by atoms with Gasteiger partial charge in [0.1, 0.15) is 24.7 Å². The van der Waals surface area contributed by atoms with E-state index in [1.807, 2.05) is 62.4 Å². The average Bonchev–Trinajstić information content (AvgIpc) is 3.24. The molecule has 0 radical (unpaired) electrons. The molecule has 58 heavy (non-hydrogen) atoms. The van der Waals surface area contributed by atoms with Gasteiger partial charge < -0.3 is 28.7 Å². The lowest BCUT2D eigenvalue weighted by molar-refractivity contribution is -0.147. The molecular formula is C44H44N2O10S2. The van der Waals surface area contributed by atoms with Crippen molar-refractivity contribution in [3.63, 3.8) is 0 Å². The summed E-state index contributed by atoms with van der Waals surface area (Å²) in [6, 6.07) is 25.3. The first-order valence-electron chi connectivity index (χ1n) is 19.2. The molecule has 0 fully saturated rings. The predicted molar refractivity (Wildman–Crippen MR) is 227 cm³/mol. The van der Waals surface area contributed by atoms with E-state index in [0.29, 0.717) is 59.0 Å². The van der Waals surface area contributed by atoms with E-state index in [-0.39, 0.29) is 75.0 Å². The summed E-state index contributed by atoms with van der Waals surface area (Å²) in [5.74, 6) is -0.597. The summed E-state index contributed by atoms with van der Waals surface area (Å²) in [5, 5.41) is 2.35. The first kappa shape index (κ1) is 41.8. The van der Waals surface area contributed by atoms with Crippen LogP contribution in [0.25, 0.3) is 40.3 Å². The number of hydrogen-bond acceptors (Lipinski definition) is 12. The van der Waals surface area contributed by atoms with E-state index < -0.39 is 11.9 Å². The Morgan fingerprint density at radius 2 is 0.931 bits per heavy atom. The first-order chi connectivity index (χ1) is 28.1. The Morgan fingerprint density at radius 3 is 1.34 bits per heavy atom. The van der Waals surface area contributed by atoms with Crippen molar-refractivity contribution in [1.82, 2.24) is 9.80 Å². The number of benzene rings is 4. The molecule has 0 saturated heterocycles. The maximum Gasteiger partial charge on any atom is 0.305 e. The van der Waals surface area contributed by atoms with Crippen molar-refractivity contribution in [3.8, 4) is 11.5 Å². The Balaban J connectivity index is 0.836. The second-order valence-corrected chi connectivity index (χ2v) is 15.5. The Labute approximate surface area is 342 Å². The second-order valence-electron chi connectivity index (χ2n) is 13.3. The average molecular weight is 825 g/mol. The van der Waals surface area contributed by atoms with Crippen LogP contribution in [0.1, 0.15) is 39.5 Å². The summed E-state index contributed by atoms with van der Waals surface area (Å²) >= 11 is 3.04. The first-order valence-corrected chi connectivity index (χ1v) is 20.8. The number of ether oxygens (including phenoxy) is 4. The largest absolute Gasteiger partial charge is 0.484 e. The van der Waals surface area contributed by atoms with Crippen molar-refractivity contribution in [2.45, 2.75) is 39.5 Å². The van der Waals surface area contributed by atoms with Gasteiger partial charge >= 0.3 is 11.9 Å². The van der Waals surface area contributed by atoms with E-state index in [1.165, 1.54) is 32.5 Å². The molecule has 0 atom stereocenters. The van der Waals surface area contributed by atoms with Crippen LogP contribution in [-0.4, -0.2) is 86.2 Å². The molecule has 0 unspecified atom stereocenters. The molecule has 6 aromatic rings. The standard InChI is InChI=1S/C44H44N2O10S2/c1-3-45(39(47)27-55-29-17-19-37-33(25-29)43(51)31-11-5-7-13-35(31)57-37)21-23-53-41(49)15-9-10-16-42(50)54-24-22-46(4-2)40(48)28-56-30-18-20-38-34(26-30)44(52)32-12-6-8-14-36(32)58-38/h5-8,11-14,17-20,25-26H,3-4,9-10,15-16,21-24,27-28H2,1-2H3. The summed E-state index contributed by atoms with van der Waals surface area (Å²) in [4.78, 5) is 79.4. The van der Waals surface area contributed by atoms with E-state index in [1.54, 1.807) is 36.4 Å². The van der Waals surface area contributed by atoms with Gasteiger partial charge in [-0.1, -0.05) is 24.3 Å². The van der Waals surface area contributed by atoms with E-state index in [0.717, 1.165) is 18.8 Å². The Kier molecular flexibility index (Phi) is 14.4. The molecule has 0 bridgehead atoms. The third kappa shape index (κ3) is 10.5. The van der Waals surface area contributed by atoms with Crippen molar-refractivity contribution < 1.29 is 38.1 Å². The normalized spacial score (nSPS) is 11.1. The Morgan fingerprint density at radius 1 is 0.534 bits per heavy atom. The van der Waals surface area contributed by atoms with Crippen LogP contribution in [0.2, 0.25) is 0 Å². The number of hydrogen-bond donors (Lipinski definition) is 0. The summed E-state index contributed by atoms with van der Waals surface area (Å²) in [6.45, 7) is 4.38. The minimum atomic E-state index is -0.434. The summed E-state index contributed by atoms with van der Waals surface area (Å²) in [7, 11) is 0. The minimum absolute atomic E-state index is 0.0172. The van der Waals surface area contributed by atoms with Crippen LogP contribution in [0.3, 0.4) is 0 Å². The van der Waals surface area contributed by atoms with Crippen LogP contribution in [-0.2, 0) is 28.7 Å². The molecule has 6 rings (SSSR count). The van der Waals surface area contributed by atoms with Gasteiger partial charge in [0.2, 0.25) is 0 Å². The number of esters is 2. The van der Waals surface area contributed by atoms with Crippen LogP contribution in [0.15, 0.2) is 94.5 Å². The summed E-state index contributed by atoms with van der Waals surface area (Å²) < 4.78 is 25.6. The third-order valence-electron chi connectivity index (χ3n) is 9.55. The predicted octanol–water partition coefficient (Wildman–Crippen LogP) is 6.94. The number of likely N-dealkylation sites (N-methyl/N-ethyl adjacent to an activating group) is 2. The zero-order valence-corrected chi connectivity index (χ0v) is 34.0. The maximum absolute atomic E-state index is 13.0. The summed E-state index contributed by atoms with van der Waals surface area (Å²) in [5.41, 5.74) is -0.166. The number of unbranched alkanes of at least 4 members (excludes halogenated alkanes) is 1. The van der Waals surface area contributed by atoms with Gasteiger partial charge in [-0.3, -0.25) is 28.8 Å². The quantitative estimate of drug-likeness (QED) is 0.0478. The lowest BCUT2D eigenvalue weighted by Crippen LogP contribution is -2.37. The SMILES string of the molecule is CCN(CCOC(=O)CCCCC(=O)OCCN(CC)C(=O)COc1ccc2sc3ccccc3c(=O)c2c1)C(=O)COc1ccc2sc3ccccc3c(=O)c2c1. The van der Waals surface area contributed by atoms with Crippen LogP contribution in [0.5, 0.6) is 11.5 Å². The van der Waals surface area contributed by atoms with Crippen molar-refractivity contribution in [3.05, 3.63) is 105 Å². The molecule has 14 heteroatoms. The fourth-order valence-electron chi connectivity index (χ4n) is 6.36. The van der Waals surface area contributed by atoms with E-state index in [4.69, 9.17) is 18.9 Å². The van der Waals surface area contributed by atoms with Gasteiger partial charge in [-0.25, -0.2) is 0 Å². The van der Waals surface area contributed by atoms with Crippen molar-refractivity contribution >= 4 is 86.8 Å². The number of carbonyl (C=O) groups excluding carboxylic acids is 4. The molecule has 0 aliphatic heterocycles. The maximum atomic E-state index is 13.0. The van der Waals surface area contributed by atoms with Gasteiger partial charge in [0.05, 0.1) is 13.1 Å². The zero-order valence-electron chi connectivity index (χ0n) is 32.4. The number of amides is 2. The Bertz CT molecular complexity index is 2390. The molecule has 2 amide bonds. The van der Waals surface area contributed by atoms with Gasteiger partial charge in [0.25, 0.3) is 11.8 Å². The smallest absolute Gasteiger partial charge is 0.305 e. The van der Waals surface area contributed by atoms with Crippen molar-refractivity contribution in [2.75, 3.05) is 52.6 Å². The molecule has 4 aromatic carbocycles. The molecule has 0 N–H and O–H groups in total. The highest BCUT2D eigenvalue weighted by atomic mass is 32.1. The highest BCUT2D eigenvalue weighted by molar-refractivity contribution is 7.24. The topological polar surface area (TPSA) is 146 Å². The van der Waals surface area contributed by atoms with Gasteiger partial charge in [0, 0.05) is 66.3 Å². The highest BCUT2D eigenvalue weighted by Crippen LogP contribution is 2.28. The Hall–Kier alpha value is -5.86. The van der Waals surface area contributed by atoms with Crippen LogP contribution in [0, 0.1) is 0 Å².